The summed E-state index contributed by atoms with van der Waals surface area (Å²) >= 11 is 0. The van der Waals surface area contributed by atoms with Gasteiger partial charge in [-0.2, -0.15) is 0 Å². The maximum absolute atomic E-state index is 13.1. The molecule has 1 unspecified atom stereocenters. The van der Waals surface area contributed by atoms with Gasteiger partial charge in [-0.15, -0.1) is 6.58 Å². The lowest BCUT2D eigenvalue weighted by atomic mass is 9.92. The molecule has 0 fully saturated rings. The molecule has 148 valence electrons. The minimum absolute atomic E-state index is 0.00587. The number of likely N-dealkylation sites (N-methyl/N-ethyl adjacent to an activating group) is 1. The van der Waals surface area contributed by atoms with Crippen LogP contribution in [0.5, 0.6) is 5.75 Å². The zero-order valence-electron chi connectivity index (χ0n) is 16.3. The molecule has 4 nitrogen and oxygen atoms in total. The lowest BCUT2D eigenvalue weighted by Gasteiger charge is -2.14. The van der Waals surface area contributed by atoms with Crippen LogP contribution in [0.3, 0.4) is 0 Å². The highest BCUT2D eigenvalue weighted by Gasteiger charge is 2.29. The number of hydrogen-bond donors (Lipinski definition) is 1. The number of ether oxygens (including phenoxy) is 1. The normalized spacial score (nSPS) is 15.2. The summed E-state index contributed by atoms with van der Waals surface area (Å²) in [5.41, 5.74) is 2.42. The number of ketones is 1. The van der Waals surface area contributed by atoms with E-state index in [9.17, 15) is 9.18 Å². The average molecular weight is 382 g/mol. The van der Waals surface area contributed by atoms with Crippen molar-refractivity contribution < 1.29 is 13.9 Å². The Hall–Kier alpha value is -2.66. The van der Waals surface area contributed by atoms with Gasteiger partial charge < -0.3 is 15.0 Å². The first-order chi connectivity index (χ1) is 13.6. The van der Waals surface area contributed by atoms with E-state index < -0.39 is 0 Å². The zero-order valence-corrected chi connectivity index (χ0v) is 16.3. The van der Waals surface area contributed by atoms with Crippen molar-refractivity contribution in [2.75, 3.05) is 38.6 Å². The van der Waals surface area contributed by atoms with Gasteiger partial charge in [0.15, 0.2) is 5.78 Å². The molecule has 1 aliphatic heterocycles. The molecule has 0 bridgehead atoms. The van der Waals surface area contributed by atoms with Gasteiger partial charge in [-0.05, 0) is 74.5 Å². The highest BCUT2D eigenvalue weighted by molar-refractivity contribution is 6.03. The fourth-order valence-corrected chi connectivity index (χ4v) is 3.44. The van der Waals surface area contributed by atoms with Gasteiger partial charge in [-0.25, -0.2) is 4.39 Å². The highest BCUT2D eigenvalue weighted by Crippen LogP contribution is 2.36. The lowest BCUT2D eigenvalue weighted by Crippen LogP contribution is -2.19. The number of rotatable bonds is 10. The molecule has 0 radical (unpaired) electrons. The largest absolute Gasteiger partial charge is 0.494 e. The van der Waals surface area contributed by atoms with E-state index >= 15 is 0 Å². The van der Waals surface area contributed by atoms with Crippen LogP contribution in [0.25, 0.3) is 0 Å². The fraction of sp³-hybridized carbons (Fsp3) is 0.348. The number of nitrogens with one attached hydrogen (secondary N) is 1. The van der Waals surface area contributed by atoms with Gasteiger partial charge in [0, 0.05) is 24.3 Å². The third kappa shape index (κ3) is 4.98. The monoisotopic (exact) mass is 382 g/mol. The number of fused-ring (bicyclic) bond motifs is 1. The second-order valence-corrected chi connectivity index (χ2v) is 7.16. The third-order valence-corrected chi connectivity index (χ3v) is 4.98. The maximum atomic E-state index is 13.1. The summed E-state index contributed by atoms with van der Waals surface area (Å²) in [6.07, 6.45) is 3.93. The Kier molecular flexibility index (Phi) is 6.82. The van der Waals surface area contributed by atoms with E-state index in [0.29, 0.717) is 18.7 Å². The second-order valence-electron chi connectivity index (χ2n) is 7.16. The summed E-state index contributed by atoms with van der Waals surface area (Å²) in [5, 5.41) is 3.28. The molecule has 0 aromatic heterocycles. The highest BCUT2D eigenvalue weighted by atomic mass is 19.1. The summed E-state index contributed by atoms with van der Waals surface area (Å²) in [6, 6.07) is 11.6. The predicted octanol–water partition coefficient (Wildman–Crippen LogP) is 4.49. The molecule has 5 heteroatoms. The Labute approximate surface area is 166 Å². The molecule has 1 heterocycles. The van der Waals surface area contributed by atoms with Crippen LogP contribution in [-0.2, 0) is 0 Å². The smallest absolute Gasteiger partial charge is 0.172 e. The molecular formula is C23H27FN2O2. The van der Waals surface area contributed by atoms with E-state index in [4.69, 9.17) is 4.74 Å². The van der Waals surface area contributed by atoms with Crippen LogP contribution in [0.2, 0.25) is 0 Å². The minimum Gasteiger partial charge on any atom is -0.494 e. The Balaban J connectivity index is 1.57. The summed E-state index contributed by atoms with van der Waals surface area (Å²) < 4.78 is 19.0. The van der Waals surface area contributed by atoms with E-state index in [2.05, 4.69) is 23.8 Å². The number of carbonyl (C=O) groups is 1. The topological polar surface area (TPSA) is 41.6 Å². The molecule has 0 aliphatic carbocycles. The van der Waals surface area contributed by atoms with Crippen LogP contribution < -0.4 is 10.1 Å². The van der Waals surface area contributed by atoms with Gasteiger partial charge >= 0.3 is 0 Å². The second kappa shape index (κ2) is 9.51. The van der Waals surface area contributed by atoms with Crippen molar-refractivity contribution in [2.45, 2.75) is 18.8 Å². The van der Waals surface area contributed by atoms with E-state index in [1.165, 1.54) is 12.1 Å². The molecular weight excluding hydrogens is 355 g/mol. The Morgan fingerprint density at radius 3 is 2.82 bits per heavy atom. The number of nitrogens with zero attached hydrogens (tertiary/aromatic N) is 1. The van der Waals surface area contributed by atoms with Gasteiger partial charge in [0.25, 0.3) is 0 Å². The van der Waals surface area contributed by atoms with Gasteiger partial charge in [-0.3, -0.25) is 4.79 Å². The van der Waals surface area contributed by atoms with Crippen molar-refractivity contribution in [2.24, 2.45) is 0 Å². The number of unbranched alkanes of at least 4 members (excludes halogenated alkanes) is 1. The van der Waals surface area contributed by atoms with E-state index in [-0.39, 0.29) is 17.5 Å². The molecule has 2 aromatic carbocycles. The van der Waals surface area contributed by atoms with Gasteiger partial charge in [0.2, 0.25) is 0 Å². The first-order valence-corrected chi connectivity index (χ1v) is 9.68. The fourth-order valence-electron chi connectivity index (χ4n) is 3.44. The van der Waals surface area contributed by atoms with Crippen molar-refractivity contribution in [3.8, 4) is 5.75 Å². The third-order valence-electron chi connectivity index (χ3n) is 4.98. The molecule has 0 amide bonds. The SMILES string of the molecule is C=CCN(C)CCCCOc1ccc2c(c1)C(C(=O)c1ccc(F)cc1)CN2. The molecule has 2 aromatic rings. The summed E-state index contributed by atoms with van der Waals surface area (Å²) in [6.45, 7) is 6.84. The Bertz CT molecular complexity index is 820. The molecule has 0 saturated heterocycles. The molecule has 0 saturated carbocycles. The van der Waals surface area contributed by atoms with E-state index in [1.54, 1.807) is 12.1 Å². The molecule has 28 heavy (non-hydrogen) atoms. The summed E-state index contributed by atoms with van der Waals surface area (Å²) in [5.74, 6) is 0.150. The summed E-state index contributed by atoms with van der Waals surface area (Å²) in [4.78, 5) is 15.1. The van der Waals surface area contributed by atoms with Crippen molar-refractivity contribution in [3.63, 3.8) is 0 Å². The molecule has 1 aliphatic rings. The van der Waals surface area contributed by atoms with Gasteiger partial charge in [0.05, 0.1) is 12.5 Å². The summed E-state index contributed by atoms with van der Waals surface area (Å²) in [7, 11) is 2.08. The van der Waals surface area contributed by atoms with E-state index in [0.717, 1.165) is 42.9 Å². The van der Waals surface area contributed by atoms with E-state index in [1.807, 2.05) is 24.3 Å². The van der Waals surface area contributed by atoms with Crippen molar-refractivity contribution in [1.29, 1.82) is 0 Å². The van der Waals surface area contributed by atoms with Gasteiger partial charge in [-0.1, -0.05) is 6.08 Å². The van der Waals surface area contributed by atoms with Gasteiger partial charge in [0.1, 0.15) is 11.6 Å². The Morgan fingerprint density at radius 2 is 2.07 bits per heavy atom. The van der Waals surface area contributed by atoms with Crippen LogP contribution in [0.1, 0.15) is 34.7 Å². The minimum atomic E-state index is -0.340. The molecule has 1 atom stereocenters. The number of benzene rings is 2. The molecule has 3 rings (SSSR count). The number of anilines is 1. The number of halogens is 1. The van der Waals surface area contributed by atoms with Crippen LogP contribution in [0, 0.1) is 5.82 Å². The maximum Gasteiger partial charge on any atom is 0.172 e. The lowest BCUT2D eigenvalue weighted by molar-refractivity contribution is 0.0966. The van der Waals surface area contributed by atoms with Crippen molar-refractivity contribution in [1.82, 2.24) is 4.90 Å². The van der Waals surface area contributed by atoms with Crippen LogP contribution >= 0.6 is 0 Å². The Morgan fingerprint density at radius 1 is 1.29 bits per heavy atom. The van der Waals surface area contributed by atoms with Crippen LogP contribution in [0.4, 0.5) is 10.1 Å². The quantitative estimate of drug-likeness (QED) is 0.373. The van der Waals surface area contributed by atoms with Crippen molar-refractivity contribution >= 4 is 11.5 Å². The van der Waals surface area contributed by atoms with Crippen LogP contribution in [0.15, 0.2) is 55.1 Å². The predicted molar refractivity (Wildman–Crippen MR) is 111 cm³/mol. The standard InChI is InChI=1S/C23H27FN2O2/c1-3-12-26(2)13-4-5-14-28-19-10-11-22-20(15-19)21(16-25-22)23(27)17-6-8-18(24)9-7-17/h3,6-11,15,21,25H,1,4-5,12-14,16H2,2H3. The number of carbonyl (C=O) groups excluding carboxylic acids is 1. The molecule has 1 N–H and O–H groups in total. The van der Waals surface area contributed by atoms with Crippen LogP contribution in [-0.4, -0.2) is 44.0 Å². The van der Waals surface area contributed by atoms with Crippen molar-refractivity contribution in [3.05, 3.63) is 72.1 Å². The first kappa shape index (κ1) is 20.1. The first-order valence-electron chi connectivity index (χ1n) is 9.68. The zero-order chi connectivity index (χ0) is 19.9. The number of hydrogen-bond acceptors (Lipinski definition) is 4. The molecule has 0 spiro atoms. The number of Topliss-reactive ketones (excluding diaryl/α,β-unsaturated/α-hetero) is 1. The average Bonchev–Trinajstić information content (AvgIpc) is 3.11.